The number of hydrogen-bond acceptors (Lipinski definition) is 17. The van der Waals surface area contributed by atoms with Gasteiger partial charge in [0.1, 0.15) is 12.4 Å². The number of aryl methyl sites for hydroxylation is 2. The lowest BCUT2D eigenvalue weighted by Crippen LogP contribution is -2.15. The number of amides is 1. The van der Waals surface area contributed by atoms with Crippen LogP contribution in [0.5, 0.6) is 5.75 Å². The van der Waals surface area contributed by atoms with Crippen LogP contribution in [0.2, 0.25) is 0 Å². The summed E-state index contributed by atoms with van der Waals surface area (Å²) in [4.78, 5) is 30.8. The number of nitrogens with two attached hydrogens (primary N) is 1. The number of halogens is 3. The van der Waals surface area contributed by atoms with Crippen LogP contribution in [-0.4, -0.2) is 162 Å². The number of nitrogens with one attached hydrogen (secondary N) is 2. The van der Waals surface area contributed by atoms with Gasteiger partial charge in [0.05, 0.1) is 148 Å². The van der Waals surface area contributed by atoms with Gasteiger partial charge in [-0.2, -0.15) is 13.2 Å². The monoisotopic (exact) mass is 984 g/mol. The third-order valence-corrected chi connectivity index (χ3v) is 9.66. The fraction of sp³-hybridized carbons (Fsp3) is 0.479. The van der Waals surface area contributed by atoms with Gasteiger partial charge in [0, 0.05) is 53.3 Å². The van der Waals surface area contributed by atoms with Crippen LogP contribution in [0, 0.1) is 13.8 Å². The van der Waals surface area contributed by atoms with Crippen LogP contribution >= 0.6 is 0 Å². The molecule has 70 heavy (non-hydrogen) atoms. The van der Waals surface area contributed by atoms with E-state index in [4.69, 9.17) is 53.1 Å². The minimum Gasteiger partial charge on any atom is -0.490 e. The van der Waals surface area contributed by atoms with Crippen LogP contribution < -0.4 is 21.1 Å². The third kappa shape index (κ3) is 21.1. The molecule has 0 saturated carbocycles. The number of hydrogen-bond donors (Lipinski definition) is 3. The highest BCUT2D eigenvalue weighted by Crippen LogP contribution is 2.33. The molecule has 0 aliphatic heterocycles. The molecule has 19 nitrogen and oxygen atoms in total. The van der Waals surface area contributed by atoms with Gasteiger partial charge in [-0.25, -0.2) is 15.0 Å². The molecule has 0 fully saturated rings. The average molecular weight is 985 g/mol. The second kappa shape index (κ2) is 31.5. The zero-order valence-electron chi connectivity index (χ0n) is 39.6. The van der Waals surface area contributed by atoms with Crippen molar-refractivity contribution in [2.24, 2.45) is 5.73 Å². The number of benzene rings is 2. The fourth-order valence-electron chi connectivity index (χ4n) is 6.16. The van der Waals surface area contributed by atoms with Gasteiger partial charge in [0.25, 0.3) is 5.91 Å². The predicted octanol–water partition coefficient (Wildman–Crippen LogP) is 5.84. The van der Waals surface area contributed by atoms with Crippen molar-refractivity contribution in [3.8, 4) is 22.7 Å². The second-order valence-electron chi connectivity index (χ2n) is 15.1. The van der Waals surface area contributed by atoms with Crippen molar-refractivity contribution < 1.29 is 65.3 Å². The van der Waals surface area contributed by atoms with E-state index >= 15 is 0 Å². The standard InChI is InChI=1S/C48H63F3N8O11/c1-36-3-4-38(46(60)56-41-29-40(48(49,50)51)30-42(31-41)59-34-37(2)55-35-59)28-45(36)58-47-54-7-5-44(57-47)39-27-43(33-53-32-39)70-26-25-69-24-23-68-22-21-67-20-19-66-18-17-65-16-15-64-14-13-63-12-11-62-10-9-61-8-6-52/h3-5,7,27-35H,6,8-26,52H2,1-2H3,(H,56,60)(H,54,57,58). The highest BCUT2D eigenvalue weighted by molar-refractivity contribution is 6.05. The van der Waals surface area contributed by atoms with Crippen LogP contribution in [0.1, 0.15) is 27.2 Å². The number of nitrogens with zero attached hydrogens (tertiary/aromatic N) is 5. The summed E-state index contributed by atoms with van der Waals surface area (Å²) in [5.41, 5.74) is 7.96. The van der Waals surface area contributed by atoms with Crippen LogP contribution in [-0.2, 0) is 48.8 Å². The molecule has 0 bridgehead atoms. The third-order valence-electron chi connectivity index (χ3n) is 9.66. The highest BCUT2D eigenvalue weighted by atomic mass is 19.4. The van der Waals surface area contributed by atoms with Crippen molar-refractivity contribution in [1.82, 2.24) is 24.5 Å². The van der Waals surface area contributed by atoms with Crippen molar-refractivity contribution >= 4 is 23.2 Å². The molecule has 0 radical (unpaired) electrons. The molecule has 0 aliphatic rings. The summed E-state index contributed by atoms with van der Waals surface area (Å²) < 4.78 is 98.0. The van der Waals surface area contributed by atoms with E-state index < -0.39 is 17.6 Å². The summed E-state index contributed by atoms with van der Waals surface area (Å²) in [6, 6.07) is 11.7. The number of aromatic nitrogens is 5. The molecule has 0 aliphatic carbocycles. The number of carbonyl (C=O) groups excluding carboxylic acids is 1. The van der Waals surface area contributed by atoms with E-state index in [9.17, 15) is 18.0 Å². The van der Waals surface area contributed by atoms with Gasteiger partial charge in [-0.3, -0.25) is 9.78 Å². The Morgan fingerprint density at radius 3 is 1.74 bits per heavy atom. The molecule has 0 atom stereocenters. The highest BCUT2D eigenvalue weighted by Gasteiger charge is 2.31. The van der Waals surface area contributed by atoms with E-state index in [2.05, 4.69) is 30.6 Å². The molecule has 0 saturated heterocycles. The summed E-state index contributed by atoms with van der Waals surface area (Å²) in [5, 5.41) is 5.76. The SMILES string of the molecule is Cc1cn(-c2cc(NC(=O)c3ccc(C)c(Nc4nccc(-c5cncc(OCCOCCOCCOCCOCCOCCOCCOCCOCCOCCN)c5)n4)c3)cc(C(F)(F)F)c2)cn1. The lowest BCUT2D eigenvalue weighted by atomic mass is 10.1. The molecule has 5 rings (SSSR count). The number of pyridine rings is 1. The van der Waals surface area contributed by atoms with Gasteiger partial charge in [-0.15, -0.1) is 0 Å². The van der Waals surface area contributed by atoms with Crippen molar-refractivity contribution in [3.63, 3.8) is 0 Å². The zero-order valence-corrected chi connectivity index (χ0v) is 39.6. The maximum absolute atomic E-state index is 13.8. The normalized spacial score (nSPS) is 11.6. The Bertz CT molecular complexity index is 2270. The van der Waals surface area contributed by atoms with Gasteiger partial charge in [-0.05, 0) is 61.9 Å². The number of imidazole rings is 1. The Balaban J connectivity index is 0.901. The number of anilines is 3. The molecule has 382 valence electrons. The minimum atomic E-state index is -4.64. The summed E-state index contributed by atoms with van der Waals surface area (Å²) in [6.45, 7) is 12.7. The summed E-state index contributed by atoms with van der Waals surface area (Å²) >= 11 is 0. The molecule has 5 aromatic rings. The molecule has 2 aromatic carbocycles. The van der Waals surface area contributed by atoms with E-state index in [0.717, 1.165) is 17.7 Å². The second-order valence-corrected chi connectivity index (χ2v) is 15.1. The van der Waals surface area contributed by atoms with Crippen LogP contribution in [0.3, 0.4) is 0 Å². The smallest absolute Gasteiger partial charge is 0.416 e. The molecular weight excluding hydrogens is 922 g/mol. The molecule has 3 aromatic heterocycles. The summed E-state index contributed by atoms with van der Waals surface area (Å²) in [6.07, 6.45) is 3.18. The lowest BCUT2D eigenvalue weighted by Gasteiger charge is -2.14. The molecule has 0 spiro atoms. The Hall–Kier alpha value is -5.66. The first-order valence-corrected chi connectivity index (χ1v) is 22.8. The van der Waals surface area contributed by atoms with Crippen molar-refractivity contribution in [1.29, 1.82) is 0 Å². The van der Waals surface area contributed by atoms with Crippen molar-refractivity contribution in [2.75, 3.05) is 143 Å². The van der Waals surface area contributed by atoms with E-state index in [0.29, 0.717) is 154 Å². The Kier molecular flexibility index (Phi) is 24.9. The molecule has 4 N–H and O–H groups in total. The average Bonchev–Trinajstić information content (AvgIpc) is 3.80. The van der Waals surface area contributed by atoms with E-state index in [1.165, 1.54) is 17.0 Å². The van der Waals surface area contributed by atoms with Crippen molar-refractivity contribution in [2.45, 2.75) is 20.0 Å². The quantitative estimate of drug-likeness (QED) is 0.0402. The Morgan fingerprint density at radius 2 is 1.21 bits per heavy atom. The molecule has 0 unspecified atom stereocenters. The van der Waals surface area contributed by atoms with Gasteiger partial charge < -0.3 is 68.3 Å². The fourth-order valence-corrected chi connectivity index (χ4v) is 6.16. The van der Waals surface area contributed by atoms with E-state index in [1.54, 1.807) is 62.0 Å². The van der Waals surface area contributed by atoms with Gasteiger partial charge in [0.2, 0.25) is 5.95 Å². The summed E-state index contributed by atoms with van der Waals surface area (Å²) in [5.74, 6) is 0.153. The topological polar surface area (TPSA) is 216 Å². The summed E-state index contributed by atoms with van der Waals surface area (Å²) in [7, 11) is 0. The number of ether oxygens (including phenoxy) is 10. The van der Waals surface area contributed by atoms with Crippen LogP contribution in [0.15, 0.2) is 79.6 Å². The van der Waals surface area contributed by atoms with Gasteiger partial charge in [0.15, 0.2) is 0 Å². The Morgan fingerprint density at radius 1 is 0.657 bits per heavy atom. The zero-order chi connectivity index (χ0) is 49.7. The first-order chi connectivity index (χ1) is 34.1. The van der Waals surface area contributed by atoms with Gasteiger partial charge in [-0.1, -0.05) is 6.07 Å². The molecule has 22 heteroatoms. The predicted molar refractivity (Wildman–Crippen MR) is 253 cm³/mol. The molecule has 1 amide bonds. The maximum Gasteiger partial charge on any atom is 0.416 e. The molecule has 3 heterocycles. The van der Waals surface area contributed by atoms with Gasteiger partial charge >= 0.3 is 6.18 Å². The van der Waals surface area contributed by atoms with Crippen molar-refractivity contribution in [3.05, 3.63) is 102 Å². The number of rotatable bonds is 36. The Labute approximate surface area is 405 Å². The number of carbonyl (C=O) groups is 1. The van der Waals surface area contributed by atoms with E-state index in [1.807, 2.05) is 6.92 Å². The largest absolute Gasteiger partial charge is 0.490 e. The van der Waals surface area contributed by atoms with Crippen LogP contribution in [0.25, 0.3) is 16.9 Å². The number of alkyl halides is 3. The van der Waals surface area contributed by atoms with E-state index in [-0.39, 0.29) is 29.5 Å². The lowest BCUT2D eigenvalue weighted by molar-refractivity contribution is -0.137. The first kappa shape index (κ1) is 55.3. The van der Waals surface area contributed by atoms with Crippen LogP contribution in [0.4, 0.5) is 30.5 Å². The molecular formula is C48H63F3N8O11. The minimum absolute atomic E-state index is 0.0293. The first-order valence-electron chi connectivity index (χ1n) is 22.8. The maximum atomic E-state index is 13.8.